The van der Waals surface area contributed by atoms with Gasteiger partial charge in [-0.15, -0.1) is 0 Å². The van der Waals surface area contributed by atoms with Gasteiger partial charge in [-0.1, -0.05) is 19.1 Å². The quantitative estimate of drug-likeness (QED) is 0.831. The zero-order chi connectivity index (χ0) is 14.5. The molecule has 0 fully saturated rings. The van der Waals surface area contributed by atoms with Gasteiger partial charge in [0.1, 0.15) is 5.75 Å². The van der Waals surface area contributed by atoms with Crippen molar-refractivity contribution in [1.82, 2.24) is 9.55 Å². The number of hydrogen-bond donors (Lipinski definition) is 2. The Morgan fingerprint density at radius 2 is 2.05 bits per heavy atom. The summed E-state index contributed by atoms with van der Waals surface area (Å²) in [5.41, 5.74) is 0.541. The number of benzene rings is 1. The van der Waals surface area contributed by atoms with Crippen LogP contribution in [-0.4, -0.2) is 21.3 Å². The second-order valence-corrected chi connectivity index (χ2v) is 4.76. The lowest BCUT2D eigenvalue weighted by Crippen LogP contribution is -2.12. The minimum Gasteiger partial charge on any atom is -0.494 e. The molecule has 2 rings (SSSR count). The third-order valence-corrected chi connectivity index (χ3v) is 3.07. The van der Waals surface area contributed by atoms with Crippen molar-refractivity contribution in [3.63, 3.8) is 0 Å². The number of rotatable bonds is 5. The van der Waals surface area contributed by atoms with Gasteiger partial charge in [0.15, 0.2) is 10.7 Å². The van der Waals surface area contributed by atoms with Gasteiger partial charge in [0.25, 0.3) is 5.56 Å². The summed E-state index contributed by atoms with van der Waals surface area (Å²) in [4.78, 5) is 13.6. The number of ether oxygens (including phenoxy) is 1. The Labute approximate surface area is 121 Å². The van der Waals surface area contributed by atoms with Crippen LogP contribution in [0.1, 0.15) is 18.9 Å². The molecule has 1 aromatic heterocycles. The topological polar surface area (TPSA) is 67.2 Å². The second kappa shape index (κ2) is 6.38. The third-order valence-electron chi connectivity index (χ3n) is 2.75. The Kier molecular flexibility index (Phi) is 4.57. The maximum atomic E-state index is 11.1. The van der Waals surface area contributed by atoms with Gasteiger partial charge in [-0.2, -0.15) is 0 Å². The van der Waals surface area contributed by atoms with Crippen molar-refractivity contribution < 1.29 is 9.84 Å². The van der Waals surface area contributed by atoms with E-state index in [2.05, 4.69) is 11.9 Å². The van der Waals surface area contributed by atoms with Crippen molar-refractivity contribution >= 4 is 12.2 Å². The first kappa shape index (κ1) is 14.3. The SMILES string of the molecule is CCCOc1ccc(Cn2c(O)cc(=O)[nH]c2=S)cc1. The Morgan fingerprint density at radius 3 is 2.65 bits per heavy atom. The molecule has 1 aromatic carbocycles. The van der Waals surface area contributed by atoms with Crippen molar-refractivity contribution in [2.75, 3.05) is 6.61 Å². The number of hydrogen-bond acceptors (Lipinski definition) is 4. The van der Waals surface area contributed by atoms with E-state index in [4.69, 9.17) is 17.0 Å². The van der Waals surface area contributed by atoms with Crippen LogP contribution in [0.5, 0.6) is 11.6 Å². The van der Waals surface area contributed by atoms with Crippen LogP contribution in [0.15, 0.2) is 35.1 Å². The zero-order valence-corrected chi connectivity index (χ0v) is 11.9. The van der Waals surface area contributed by atoms with Crippen molar-refractivity contribution in [2.45, 2.75) is 19.9 Å². The van der Waals surface area contributed by atoms with Crippen molar-refractivity contribution in [2.24, 2.45) is 0 Å². The normalized spacial score (nSPS) is 10.4. The van der Waals surface area contributed by atoms with E-state index in [0.29, 0.717) is 13.2 Å². The van der Waals surface area contributed by atoms with E-state index in [1.54, 1.807) is 0 Å². The standard InChI is InChI=1S/C14H16N2O3S/c1-2-7-19-11-5-3-10(4-6-11)9-16-13(18)8-12(17)15-14(16)20/h3-6,8,18H,2,7,9H2,1H3,(H,15,17,20). The van der Waals surface area contributed by atoms with E-state index < -0.39 is 5.56 Å². The summed E-state index contributed by atoms with van der Waals surface area (Å²) in [6, 6.07) is 8.65. The van der Waals surface area contributed by atoms with E-state index in [-0.39, 0.29) is 10.7 Å². The first-order valence-electron chi connectivity index (χ1n) is 6.35. The van der Waals surface area contributed by atoms with Crippen LogP contribution in [0.25, 0.3) is 0 Å². The van der Waals surface area contributed by atoms with E-state index in [1.807, 2.05) is 24.3 Å². The Balaban J connectivity index is 2.18. The van der Waals surface area contributed by atoms with Gasteiger partial charge in [-0.25, -0.2) is 0 Å². The average molecular weight is 292 g/mol. The van der Waals surface area contributed by atoms with Gasteiger partial charge < -0.3 is 9.84 Å². The number of nitrogens with one attached hydrogen (secondary N) is 1. The van der Waals surface area contributed by atoms with E-state index >= 15 is 0 Å². The predicted molar refractivity (Wildman–Crippen MR) is 78.9 cm³/mol. The largest absolute Gasteiger partial charge is 0.494 e. The molecule has 106 valence electrons. The molecule has 0 unspecified atom stereocenters. The number of H-pyrrole nitrogens is 1. The molecule has 2 N–H and O–H groups in total. The Hall–Kier alpha value is -2.08. The molecule has 1 heterocycles. The molecule has 5 nitrogen and oxygen atoms in total. The van der Waals surface area contributed by atoms with Crippen LogP contribution in [0.4, 0.5) is 0 Å². The molecule has 0 aliphatic rings. The monoisotopic (exact) mass is 292 g/mol. The lowest BCUT2D eigenvalue weighted by molar-refractivity contribution is 0.317. The van der Waals surface area contributed by atoms with Crippen molar-refractivity contribution in [3.05, 3.63) is 51.0 Å². The van der Waals surface area contributed by atoms with Gasteiger partial charge >= 0.3 is 0 Å². The fraction of sp³-hybridized carbons (Fsp3) is 0.286. The van der Waals surface area contributed by atoms with E-state index in [1.165, 1.54) is 4.57 Å². The molecular formula is C14H16N2O3S. The summed E-state index contributed by atoms with van der Waals surface area (Å²) < 4.78 is 7.15. The zero-order valence-electron chi connectivity index (χ0n) is 11.1. The van der Waals surface area contributed by atoms with Gasteiger partial charge in [0.05, 0.1) is 19.2 Å². The second-order valence-electron chi connectivity index (χ2n) is 4.38. The van der Waals surface area contributed by atoms with Crippen LogP contribution >= 0.6 is 12.2 Å². The molecule has 6 heteroatoms. The average Bonchev–Trinajstić information content (AvgIpc) is 2.42. The highest BCUT2D eigenvalue weighted by molar-refractivity contribution is 7.71. The summed E-state index contributed by atoms with van der Waals surface area (Å²) in [5.74, 6) is 0.662. The first-order valence-corrected chi connectivity index (χ1v) is 6.76. The predicted octanol–water partition coefficient (Wildman–Crippen LogP) is 2.45. The van der Waals surface area contributed by atoms with E-state index in [0.717, 1.165) is 23.8 Å². The summed E-state index contributed by atoms with van der Waals surface area (Å²) in [7, 11) is 0. The number of aromatic amines is 1. The van der Waals surface area contributed by atoms with Crippen LogP contribution in [0.3, 0.4) is 0 Å². The summed E-state index contributed by atoms with van der Waals surface area (Å²) in [6.45, 7) is 3.12. The molecule has 2 aromatic rings. The maximum absolute atomic E-state index is 11.1. The van der Waals surface area contributed by atoms with Gasteiger partial charge in [-0.3, -0.25) is 14.3 Å². The van der Waals surface area contributed by atoms with Gasteiger partial charge in [0, 0.05) is 0 Å². The lowest BCUT2D eigenvalue weighted by atomic mass is 10.2. The molecule has 0 aliphatic heterocycles. The highest BCUT2D eigenvalue weighted by atomic mass is 32.1. The molecule has 0 aliphatic carbocycles. The molecule has 0 atom stereocenters. The highest BCUT2D eigenvalue weighted by Crippen LogP contribution is 2.15. The molecule has 0 bridgehead atoms. The molecule has 20 heavy (non-hydrogen) atoms. The fourth-order valence-electron chi connectivity index (χ4n) is 1.75. The number of nitrogens with zero attached hydrogens (tertiary/aromatic N) is 1. The third kappa shape index (κ3) is 3.48. The number of aromatic hydroxyl groups is 1. The molecule has 0 radical (unpaired) electrons. The lowest BCUT2D eigenvalue weighted by Gasteiger charge is -2.10. The van der Waals surface area contributed by atoms with Crippen LogP contribution in [0.2, 0.25) is 0 Å². The smallest absolute Gasteiger partial charge is 0.255 e. The van der Waals surface area contributed by atoms with Gasteiger partial charge in [0.2, 0.25) is 0 Å². The summed E-state index contributed by atoms with van der Waals surface area (Å²) in [5, 5.41) is 9.76. The highest BCUT2D eigenvalue weighted by Gasteiger charge is 2.03. The molecule has 0 saturated heterocycles. The summed E-state index contributed by atoms with van der Waals surface area (Å²) >= 11 is 5.03. The molecule has 0 saturated carbocycles. The minimum absolute atomic E-state index is 0.148. The summed E-state index contributed by atoms with van der Waals surface area (Å²) in [6.07, 6.45) is 0.960. The maximum Gasteiger partial charge on any atom is 0.255 e. The van der Waals surface area contributed by atoms with E-state index in [9.17, 15) is 9.90 Å². The fourth-order valence-corrected chi connectivity index (χ4v) is 2.01. The Bertz CT molecular complexity index is 689. The molecule has 0 amide bonds. The van der Waals surface area contributed by atoms with Crippen molar-refractivity contribution in [1.29, 1.82) is 0 Å². The molecular weight excluding hydrogens is 276 g/mol. The molecule has 0 spiro atoms. The first-order chi connectivity index (χ1) is 9.60. The Morgan fingerprint density at radius 1 is 1.35 bits per heavy atom. The van der Waals surface area contributed by atoms with Crippen molar-refractivity contribution in [3.8, 4) is 11.6 Å². The van der Waals surface area contributed by atoms with Crippen LogP contribution < -0.4 is 10.3 Å². The van der Waals surface area contributed by atoms with Gasteiger partial charge in [-0.05, 0) is 36.3 Å². The van der Waals surface area contributed by atoms with Crippen LogP contribution in [0, 0.1) is 4.77 Å². The minimum atomic E-state index is -0.410. The van der Waals surface area contributed by atoms with Crippen LogP contribution in [-0.2, 0) is 6.54 Å². The number of aromatic nitrogens is 2.